The highest BCUT2D eigenvalue weighted by molar-refractivity contribution is 6.33. The molecular formula is C22H31Cl3O3. The third-order valence-electron chi connectivity index (χ3n) is 9.64. The molecule has 6 heteroatoms. The number of hydrogen-bond acceptors (Lipinski definition) is 3. The number of rotatable bonds is 2. The Morgan fingerprint density at radius 2 is 1.89 bits per heavy atom. The van der Waals surface area contributed by atoms with Crippen LogP contribution in [-0.2, 0) is 9.59 Å². The number of halogens is 3. The van der Waals surface area contributed by atoms with Crippen LogP contribution >= 0.6 is 34.8 Å². The van der Waals surface area contributed by atoms with Crippen molar-refractivity contribution in [2.45, 2.75) is 81.6 Å². The van der Waals surface area contributed by atoms with Crippen molar-refractivity contribution in [3.8, 4) is 0 Å². The molecule has 0 aromatic carbocycles. The lowest BCUT2D eigenvalue weighted by atomic mass is 9.43. The summed E-state index contributed by atoms with van der Waals surface area (Å²) in [7, 11) is 0. The van der Waals surface area contributed by atoms with Gasteiger partial charge in [-0.2, -0.15) is 0 Å². The van der Waals surface area contributed by atoms with Crippen molar-refractivity contribution >= 4 is 46.4 Å². The Labute approximate surface area is 182 Å². The van der Waals surface area contributed by atoms with Gasteiger partial charge in [-0.25, -0.2) is 0 Å². The second-order valence-electron chi connectivity index (χ2n) is 10.5. The van der Waals surface area contributed by atoms with E-state index in [9.17, 15) is 14.7 Å². The fourth-order valence-electron chi connectivity index (χ4n) is 8.02. The molecule has 3 nitrogen and oxygen atoms in total. The number of aliphatic hydroxyl groups is 1. The van der Waals surface area contributed by atoms with E-state index in [1.165, 1.54) is 0 Å². The maximum absolute atomic E-state index is 12.8. The summed E-state index contributed by atoms with van der Waals surface area (Å²) in [6, 6.07) is 0. The molecule has 0 radical (unpaired) electrons. The maximum Gasteiger partial charge on any atom is 0.179 e. The minimum Gasteiger partial charge on any atom is -0.381 e. The molecule has 0 bridgehead atoms. The van der Waals surface area contributed by atoms with Gasteiger partial charge < -0.3 is 5.11 Å². The molecule has 4 rings (SSSR count). The van der Waals surface area contributed by atoms with Crippen LogP contribution in [0.3, 0.4) is 0 Å². The van der Waals surface area contributed by atoms with E-state index in [1.807, 2.05) is 13.8 Å². The Hall–Kier alpha value is 0.170. The van der Waals surface area contributed by atoms with E-state index in [2.05, 4.69) is 6.92 Å². The van der Waals surface area contributed by atoms with Crippen molar-refractivity contribution < 1.29 is 14.7 Å². The van der Waals surface area contributed by atoms with Crippen molar-refractivity contribution in [1.29, 1.82) is 0 Å². The summed E-state index contributed by atoms with van der Waals surface area (Å²) in [5.74, 6) is 0.219. The standard InChI is InChI=1S/C22H31Cl3O3/c1-12-8-16-15-5-4-13-9-14(26)6-7-19(13,2)21(15,25)17(24)10-20(16,3)22(12,28)18(27)11-23/h12-13,15-17,28H,4-11H2,1-3H3/t12-,13+,15+,16+,17+,19+,20+,21+,22+/m1/s1. The van der Waals surface area contributed by atoms with Crippen LogP contribution in [0.1, 0.15) is 65.7 Å². The van der Waals surface area contributed by atoms with Crippen LogP contribution in [0.25, 0.3) is 0 Å². The monoisotopic (exact) mass is 448 g/mol. The number of ketones is 2. The molecule has 0 saturated heterocycles. The fourth-order valence-corrected chi connectivity index (χ4v) is 9.54. The first-order valence-corrected chi connectivity index (χ1v) is 12.0. The molecule has 4 fully saturated rings. The quantitative estimate of drug-likeness (QED) is 0.606. The summed E-state index contributed by atoms with van der Waals surface area (Å²) in [5, 5.41) is 11.3. The van der Waals surface area contributed by atoms with E-state index >= 15 is 0 Å². The second-order valence-corrected chi connectivity index (χ2v) is 11.9. The lowest BCUT2D eigenvalue weighted by Gasteiger charge is -2.66. The zero-order valence-electron chi connectivity index (χ0n) is 16.9. The van der Waals surface area contributed by atoms with Gasteiger partial charge >= 0.3 is 0 Å². The Bertz CT molecular complexity index is 713. The highest BCUT2D eigenvalue weighted by Crippen LogP contribution is 2.73. The van der Waals surface area contributed by atoms with Crippen LogP contribution < -0.4 is 0 Å². The van der Waals surface area contributed by atoms with Crippen LogP contribution in [0.5, 0.6) is 0 Å². The predicted octanol–water partition coefficient (Wildman–Crippen LogP) is 4.96. The van der Waals surface area contributed by atoms with Gasteiger partial charge in [0.1, 0.15) is 11.4 Å². The molecule has 0 aliphatic heterocycles. The zero-order valence-corrected chi connectivity index (χ0v) is 19.2. The molecule has 1 N–H and O–H groups in total. The minimum absolute atomic E-state index is 0.127. The number of Topliss-reactive ketones (excluding diaryl/α,β-unsaturated/α-hetero) is 2. The summed E-state index contributed by atoms with van der Waals surface area (Å²) < 4.78 is 0. The molecule has 9 atom stereocenters. The van der Waals surface area contributed by atoms with E-state index in [1.54, 1.807) is 0 Å². The minimum atomic E-state index is -1.45. The van der Waals surface area contributed by atoms with E-state index in [-0.39, 0.29) is 46.1 Å². The summed E-state index contributed by atoms with van der Waals surface area (Å²) in [6.45, 7) is 6.21. The van der Waals surface area contributed by atoms with Gasteiger partial charge in [0.2, 0.25) is 0 Å². The van der Waals surface area contributed by atoms with Gasteiger partial charge in [0.05, 0.1) is 16.1 Å². The predicted molar refractivity (Wildman–Crippen MR) is 112 cm³/mol. The topological polar surface area (TPSA) is 54.4 Å². The smallest absolute Gasteiger partial charge is 0.179 e. The van der Waals surface area contributed by atoms with Crippen molar-refractivity contribution in [1.82, 2.24) is 0 Å². The lowest BCUT2D eigenvalue weighted by Crippen LogP contribution is -2.69. The Balaban J connectivity index is 1.79. The molecule has 0 heterocycles. The van der Waals surface area contributed by atoms with Gasteiger partial charge in [-0.1, -0.05) is 20.8 Å². The third kappa shape index (κ3) is 2.34. The van der Waals surface area contributed by atoms with Crippen LogP contribution in [0, 0.1) is 34.5 Å². The lowest BCUT2D eigenvalue weighted by molar-refractivity contribution is -0.168. The Morgan fingerprint density at radius 3 is 2.54 bits per heavy atom. The largest absolute Gasteiger partial charge is 0.381 e. The van der Waals surface area contributed by atoms with Crippen molar-refractivity contribution in [3.63, 3.8) is 0 Å². The molecule has 0 aromatic rings. The highest BCUT2D eigenvalue weighted by Gasteiger charge is 2.75. The molecule has 0 amide bonds. The summed E-state index contributed by atoms with van der Waals surface area (Å²) >= 11 is 20.5. The van der Waals surface area contributed by atoms with Crippen molar-refractivity contribution in [3.05, 3.63) is 0 Å². The Kier molecular flexibility index (Phi) is 5.03. The van der Waals surface area contributed by atoms with E-state index in [0.717, 1.165) is 25.7 Å². The summed E-state index contributed by atoms with van der Waals surface area (Å²) in [4.78, 5) is 24.3. The van der Waals surface area contributed by atoms with Gasteiger partial charge in [0, 0.05) is 18.3 Å². The van der Waals surface area contributed by atoms with Gasteiger partial charge in [-0.05, 0) is 61.2 Å². The van der Waals surface area contributed by atoms with Crippen LogP contribution in [0.2, 0.25) is 0 Å². The van der Waals surface area contributed by atoms with E-state index in [4.69, 9.17) is 34.8 Å². The molecule has 4 aliphatic carbocycles. The van der Waals surface area contributed by atoms with E-state index in [0.29, 0.717) is 25.0 Å². The van der Waals surface area contributed by atoms with Gasteiger partial charge in [0.25, 0.3) is 0 Å². The fraction of sp³-hybridized carbons (Fsp3) is 0.909. The molecule has 4 aliphatic rings. The average Bonchev–Trinajstić information content (AvgIpc) is 2.84. The van der Waals surface area contributed by atoms with Gasteiger partial charge in [-0.3, -0.25) is 9.59 Å². The Morgan fingerprint density at radius 1 is 1.21 bits per heavy atom. The first-order valence-electron chi connectivity index (χ1n) is 10.6. The van der Waals surface area contributed by atoms with Crippen LogP contribution in [0.4, 0.5) is 0 Å². The molecule has 28 heavy (non-hydrogen) atoms. The van der Waals surface area contributed by atoms with Crippen LogP contribution in [0.15, 0.2) is 0 Å². The van der Waals surface area contributed by atoms with E-state index < -0.39 is 15.9 Å². The number of fused-ring (bicyclic) bond motifs is 5. The third-order valence-corrected chi connectivity index (χ3v) is 11.5. The molecule has 4 saturated carbocycles. The summed E-state index contributed by atoms with van der Waals surface area (Å²) in [6.07, 6.45) is 5.09. The van der Waals surface area contributed by atoms with Gasteiger partial charge in [-0.15, -0.1) is 34.8 Å². The average molecular weight is 450 g/mol. The molecule has 0 unspecified atom stereocenters. The highest BCUT2D eigenvalue weighted by atomic mass is 35.5. The maximum atomic E-state index is 12.8. The van der Waals surface area contributed by atoms with Gasteiger partial charge in [0.15, 0.2) is 5.78 Å². The number of carbonyl (C=O) groups excluding carboxylic acids is 2. The molecular weight excluding hydrogens is 419 g/mol. The number of carbonyl (C=O) groups is 2. The van der Waals surface area contributed by atoms with Crippen molar-refractivity contribution in [2.24, 2.45) is 34.5 Å². The molecule has 0 aromatic heterocycles. The summed E-state index contributed by atoms with van der Waals surface area (Å²) in [5.41, 5.74) is -2.27. The van der Waals surface area contributed by atoms with Crippen molar-refractivity contribution in [2.75, 3.05) is 5.88 Å². The molecule has 0 spiro atoms. The first-order chi connectivity index (χ1) is 13.0. The number of alkyl halides is 3. The zero-order chi connectivity index (χ0) is 20.7. The normalized spacial score (nSPS) is 56.0. The molecule has 158 valence electrons. The second kappa shape index (κ2) is 6.58. The number of hydrogen-bond donors (Lipinski definition) is 1. The first kappa shape index (κ1) is 21.4. The SMILES string of the molecule is C[C@@H]1C[C@H]2[C@@H]3CC[C@H]4CC(=O)CC[C@]4(C)[C@@]3(Cl)[C@@H](Cl)C[C@]2(C)[C@@]1(O)C(=O)CCl. The van der Waals surface area contributed by atoms with Crippen LogP contribution in [-0.4, -0.2) is 38.4 Å².